The minimum Gasteiger partial charge on any atom is -0.368 e. The predicted molar refractivity (Wildman–Crippen MR) is 55.0 cm³/mol. The second-order valence-electron chi connectivity index (χ2n) is 3.80. The second-order valence-corrected chi connectivity index (χ2v) is 3.80. The molecule has 0 atom stereocenters. The summed E-state index contributed by atoms with van der Waals surface area (Å²) in [6.45, 7) is 1.26. The molecular weight excluding hydrogens is 239 g/mol. The first kappa shape index (κ1) is 15.7. The smallest absolute Gasteiger partial charge is 0.368 e. The Morgan fingerprint density at radius 1 is 1.35 bits per heavy atom. The van der Waals surface area contributed by atoms with Crippen molar-refractivity contribution in [1.82, 2.24) is 10.2 Å². The number of nitrogens with two attached hydrogens (primary N) is 1. The number of carbonyl (C=O) groups is 2. The number of hydrogen-bond acceptors (Lipinski definition) is 3. The molecule has 0 aromatic rings. The van der Waals surface area contributed by atoms with Gasteiger partial charge in [0.15, 0.2) is 0 Å². The minimum atomic E-state index is -4.37. The Morgan fingerprint density at radius 3 is 2.24 bits per heavy atom. The largest absolute Gasteiger partial charge is 0.401 e. The van der Waals surface area contributed by atoms with Gasteiger partial charge in [0.2, 0.25) is 11.8 Å². The van der Waals surface area contributed by atoms with Gasteiger partial charge in [-0.3, -0.25) is 9.59 Å². The van der Waals surface area contributed by atoms with Gasteiger partial charge >= 0.3 is 6.18 Å². The Kier molecular flexibility index (Phi) is 5.94. The standard InChI is InChI=1S/C9H16F3N3O2/c1-6(2)15(4-7(13)16)8(17)3-14-5-9(10,11)12/h6,14H,3-5H2,1-2H3,(H2,13,16). The number of hydrogen-bond donors (Lipinski definition) is 2. The Labute approximate surface area is 97.1 Å². The third-order valence-corrected chi connectivity index (χ3v) is 1.87. The molecule has 0 aromatic heterocycles. The zero-order valence-corrected chi connectivity index (χ0v) is 9.67. The molecule has 0 rings (SSSR count). The number of rotatable bonds is 6. The number of nitrogens with one attached hydrogen (secondary N) is 1. The molecule has 0 saturated heterocycles. The molecule has 0 heterocycles. The van der Waals surface area contributed by atoms with Crippen molar-refractivity contribution < 1.29 is 22.8 Å². The van der Waals surface area contributed by atoms with Gasteiger partial charge in [0.25, 0.3) is 0 Å². The molecule has 17 heavy (non-hydrogen) atoms. The molecule has 8 heteroatoms. The van der Waals surface area contributed by atoms with Gasteiger partial charge in [-0.2, -0.15) is 13.2 Å². The lowest BCUT2D eigenvalue weighted by atomic mass is 10.3. The van der Waals surface area contributed by atoms with Gasteiger partial charge in [0, 0.05) is 6.04 Å². The Balaban J connectivity index is 4.20. The molecule has 0 aliphatic rings. The van der Waals surface area contributed by atoms with E-state index in [0.29, 0.717) is 0 Å². The molecule has 0 radical (unpaired) electrons. The molecule has 0 aromatic carbocycles. The van der Waals surface area contributed by atoms with Gasteiger partial charge in [-0.15, -0.1) is 0 Å². The molecule has 0 spiro atoms. The Hall–Kier alpha value is -1.31. The lowest BCUT2D eigenvalue weighted by Gasteiger charge is -2.25. The molecule has 0 aliphatic heterocycles. The molecule has 0 bridgehead atoms. The van der Waals surface area contributed by atoms with Crippen LogP contribution >= 0.6 is 0 Å². The van der Waals surface area contributed by atoms with Crippen LogP contribution < -0.4 is 11.1 Å². The van der Waals surface area contributed by atoms with Crippen molar-refractivity contribution in [2.45, 2.75) is 26.1 Å². The van der Waals surface area contributed by atoms with Crippen LogP contribution in [-0.2, 0) is 9.59 Å². The molecular formula is C9H16F3N3O2. The number of alkyl halides is 3. The zero-order chi connectivity index (χ0) is 13.6. The van der Waals surface area contributed by atoms with Crippen LogP contribution in [0.4, 0.5) is 13.2 Å². The highest BCUT2D eigenvalue weighted by atomic mass is 19.4. The first-order valence-electron chi connectivity index (χ1n) is 4.98. The second kappa shape index (κ2) is 6.43. The summed E-state index contributed by atoms with van der Waals surface area (Å²) in [5, 5.41) is 1.97. The van der Waals surface area contributed by atoms with Crippen LogP contribution in [0.1, 0.15) is 13.8 Å². The summed E-state index contributed by atoms with van der Waals surface area (Å²) in [6, 6.07) is -0.303. The van der Waals surface area contributed by atoms with E-state index in [-0.39, 0.29) is 12.6 Å². The van der Waals surface area contributed by atoms with Crippen LogP contribution in [0.15, 0.2) is 0 Å². The van der Waals surface area contributed by atoms with Gasteiger partial charge in [-0.1, -0.05) is 0 Å². The SMILES string of the molecule is CC(C)N(CC(N)=O)C(=O)CNCC(F)(F)F. The molecule has 0 fully saturated rings. The predicted octanol–water partition coefficient (Wildman–Crippen LogP) is -0.139. The quantitative estimate of drug-likeness (QED) is 0.693. The zero-order valence-electron chi connectivity index (χ0n) is 9.67. The highest BCUT2D eigenvalue weighted by Crippen LogP contribution is 2.12. The van der Waals surface area contributed by atoms with Crippen molar-refractivity contribution >= 4 is 11.8 Å². The first-order chi connectivity index (χ1) is 7.63. The number of carbonyl (C=O) groups excluding carboxylic acids is 2. The first-order valence-corrected chi connectivity index (χ1v) is 4.98. The number of halogens is 3. The summed E-state index contributed by atoms with van der Waals surface area (Å²) in [4.78, 5) is 23.3. The van der Waals surface area contributed by atoms with E-state index in [0.717, 1.165) is 4.90 Å². The third kappa shape index (κ3) is 7.56. The van der Waals surface area contributed by atoms with Crippen LogP contribution in [0, 0.1) is 0 Å². The summed E-state index contributed by atoms with van der Waals surface area (Å²) in [5.41, 5.74) is 4.93. The van der Waals surface area contributed by atoms with Crippen LogP contribution in [0.5, 0.6) is 0 Å². The van der Waals surface area contributed by atoms with Crippen molar-refractivity contribution in [1.29, 1.82) is 0 Å². The molecule has 2 amide bonds. The van der Waals surface area contributed by atoms with E-state index in [1.54, 1.807) is 13.8 Å². The normalized spacial score (nSPS) is 11.6. The summed E-state index contributed by atoms with van der Waals surface area (Å²) in [5.74, 6) is -1.30. The Morgan fingerprint density at radius 2 is 1.88 bits per heavy atom. The number of nitrogens with zero attached hydrogens (tertiary/aromatic N) is 1. The topological polar surface area (TPSA) is 75.4 Å². The third-order valence-electron chi connectivity index (χ3n) is 1.87. The fourth-order valence-electron chi connectivity index (χ4n) is 1.14. The lowest BCUT2D eigenvalue weighted by molar-refractivity contribution is -0.138. The van der Waals surface area contributed by atoms with E-state index in [2.05, 4.69) is 0 Å². The van der Waals surface area contributed by atoms with Crippen molar-refractivity contribution in [3.05, 3.63) is 0 Å². The molecule has 100 valence electrons. The van der Waals surface area contributed by atoms with E-state index < -0.39 is 31.1 Å². The maximum Gasteiger partial charge on any atom is 0.401 e. The van der Waals surface area contributed by atoms with Crippen molar-refractivity contribution in [3.8, 4) is 0 Å². The van der Waals surface area contributed by atoms with E-state index in [9.17, 15) is 22.8 Å². The monoisotopic (exact) mass is 255 g/mol. The average molecular weight is 255 g/mol. The summed E-state index contributed by atoms with van der Waals surface area (Å²) < 4.78 is 35.4. The van der Waals surface area contributed by atoms with E-state index in [4.69, 9.17) is 5.73 Å². The van der Waals surface area contributed by atoms with Gasteiger partial charge in [-0.05, 0) is 13.8 Å². The van der Waals surface area contributed by atoms with Crippen molar-refractivity contribution in [2.24, 2.45) is 5.73 Å². The van der Waals surface area contributed by atoms with Gasteiger partial charge < -0.3 is 16.0 Å². The van der Waals surface area contributed by atoms with Crippen LogP contribution in [0.25, 0.3) is 0 Å². The van der Waals surface area contributed by atoms with E-state index in [1.807, 2.05) is 5.32 Å². The number of primary amides is 1. The molecule has 0 saturated carbocycles. The fourth-order valence-corrected chi connectivity index (χ4v) is 1.14. The molecule has 3 N–H and O–H groups in total. The highest BCUT2D eigenvalue weighted by Gasteiger charge is 2.27. The van der Waals surface area contributed by atoms with Crippen LogP contribution in [-0.4, -0.2) is 48.6 Å². The summed E-state index contributed by atoms with van der Waals surface area (Å²) in [6.07, 6.45) is -4.37. The highest BCUT2D eigenvalue weighted by molar-refractivity contribution is 5.85. The van der Waals surface area contributed by atoms with Gasteiger partial charge in [-0.25, -0.2) is 0 Å². The maximum atomic E-state index is 11.8. The van der Waals surface area contributed by atoms with Crippen molar-refractivity contribution in [2.75, 3.05) is 19.6 Å². The van der Waals surface area contributed by atoms with Gasteiger partial charge in [0.05, 0.1) is 19.6 Å². The van der Waals surface area contributed by atoms with Crippen molar-refractivity contribution in [3.63, 3.8) is 0 Å². The Bertz CT molecular complexity index is 279. The number of amides is 2. The van der Waals surface area contributed by atoms with Gasteiger partial charge in [0.1, 0.15) is 0 Å². The summed E-state index contributed by atoms with van der Waals surface area (Å²) in [7, 11) is 0. The fraction of sp³-hybridized carbons (Fsp3) is 0.778. The molecule has 0 unspecified atom stereocenters. The van der Waals surface area contributed by atoms with Crippen LogP contribution in [0.3, 0.4) is 0 Å². The lowest BCUT2D eigenvalue weighted by Crippen LogP contribution is -2.47. The minimum absolute atomic E-state index is 0.301. The van der Waals surface area contributed by atoms with Crippen LogP contribution in [0.2, 0.25) is 0 Å². The summed E-state index contributed by atoms with van der Waals surface area (Å²) >= 11 is 0. The maximum absolute atomic E-state index is 11.8. The van der Waals surface area contributed by atoms with E-state index in [1.165, 1.54) is 0 Å². The average Bonchev–Trinajstić information content (AvgIpc) is 2.11. The molecule has 5 nitrogen and oxygen atoms in total. The van der Waals surface area contributed by atoms with E-state index >= 15 is 0 Å². The molecule has 0 aliphatic carbocycles.